The average Bonchev–Trinajstić information content (AvgIpc) is 2.64. The van der Waals surface area contributed by atoms with Gasteiger partial charge in [0.15, 0.2) is 0 Å². The number of nitrogens with zero attached hydrogens (tertiary/aromatic N) is 1. The molecule has 1 saturated heterocycles. The molecule has 1 unspecified atom stereocenters. The molecule has 3 amide bonds. The number of benzene rings is 1. The second kappa shape index (κ2) is 9.20. The number of piperidine rings is 1. The minimum Gasteiger partial charge on any atom is -0.354 e. The first kappa shape index (κ1) is 19.0. The predicted octanol–water partition coefficient (Wildman–Crippen LogP) is 1.57. The van der Waals surface area contributed by atoms with Crippen LogP contribution in [0.5, 0.6) is 0 Å². The summed E-state index contributed by atoms with van der Waals surface area (Å²) in [5, 5.41) is 5.79. The highest BCUT2D eigenvalue weighted by Gasteiger charge is 2.33. The van der Waals surface area contributed by atoms with Crippen molar-refractivity contribution in [3.05, 3.63) is 35.9 Å². The van der Waals surface area contributed by atoms with Crippen LogP contribution < -0.4 is 10.6 Å². The molecule has 1 aromatic carbocycles. The van der Waals surface area contributed by atoms with Gasteiger partial charge in [0.2, 0.25) is 11.8 Å². The van der Waals surface area contributed by atoms with E-state index in [4.69, 9.17) is 0 Å². The number of likely N-dealkylation sites (tertiary alicyclic amines) is 1. The molecule has 0 spiro atoms. The summed E-state index contributed by atoms with van der Waals surface area (Å²) in [5.74, 6) is -0.308. The standard InChI is InChI=1S/C19H27N3O3/c1-3-11-20-19(25)17(15-9-12-22(13-10-15)14(2)23)21-18(24)16-7-5-4-6-8-16/h4-8,15,17H,3,9-13H2,1-2H3,(H,20,25)(H,21,24). The van der Waals surface area contributed by atoms with Crippen molar-refractivity contribution in [3.8, 4) is 0 Å². The summed E-state index contributed by atoms with van der Waals surface area (Å²) in [6, 6.07) is 8.33. The lowest BCUT2D eigenvalue weighted by Gasteiger charge is -2.35. The first-order valence-electron chi connectivity index (χ1n) is 8.92. The van der Waals surface area contributed by atoms with Gasteiger partial charge in [0.1, 0.15) is 6.04 Å². The molecule has 1 aliphatic rings. The number of carbonyl (C=O) groups excluding carboxylic acids is 3. The highest BCUT2D eigenvalue weighted by atomic mass is 16.2. The van der Waals surface area contributed by atoms with E-state index in [9.17, 15) is 14.4 Å². The van der Waals surface area contributed by atoms with Gasteiger partial charge in [-0.1, -0.05) is 25.1 Å². The third-order valence-corrected chi connectivity index (χ3v) is 4.61. The van der Waals surface area contributed by atoms with E-state index in [-0.39, 0.29) is 23.6 Å². The van der Waals surface area contributed by atoms with E-state index in [2.05, 4.69) is 10.6 Å². The van der Waals surface area contributed by atoms with Crippen molar-refractivity contribution >= 4 is 17.7 Å². The van der Waals surface area contributed by atoms with Crippen LogP contribution in [-0.4, -0.2) is 48.3 Å². The van der Waals surface area contributed by atoms with Crippen LogP contribution in [0.1, 0.15) is 43.5 Å². The molecule has 25 heavy (non-hydrogen) atoms. The van der Waals surface area contributed by atoms with Crippen molar-refractivity contribution in [1.29, 1.82) is 0 Å². The molecule has 0 aliphatic carbocycles. The number of nitrogens with one attached hydrogen (secondary N) is 2. The molecule has 6 nitrogen and oxygen atoms in total. The van der Waals surface area contributed by atoms with Crippen LogP contribution in [0.25, 0.3) is 0 Å². The number of hydrogen-bond acceptors (Lipinski definition) is 3. The van der Waals surface area contributed by atoms with E-state index in [1.807, 2.05) is 13.0 Å². The van der Waals surface area contributed by atoms with E-state index in [1.54, 1.807) is 36.1 Å². The minimum atomic E-state index is -0.576. The summed E-state index contributed by atoms with van der Waals surface area (Å²) in [6.45, 7) is 5.38. The third-order valence-electron chi connectivity index (χ3n) is 4.61. The highest BCUT2D eigenvalue weighted by molar-refractivity contribution is 5.97. The maximum atomic E-state index is 12.6. The van der Waals surface area contributed by atoms with Gasteiger partial charge in [0, 0.05) is 32.1 Å². The Labute approximate surface area is 149 Å². The Morgan fingerprint density at radius 2 is 1.80 bits per heavy atom. The number of carbonyl (C=O) groups is 3. The topological polar surface area (TPSA) is 78.5 Å². The lowest BCUT2D eigenvalue weighted by atomic mass is 9.88. The maximum Gasteiger partial charge on any atom is 0.251 e. The molecule has 136 valence electrons. The van der Waals surface area contributed by atoms with Crippen LogP contribution in [0.15, 0.2) is 30.3 Å². The molecule has 0 bridgehead atoms. The number of hydrogen-bond donors (Lipinski definition) is 2. The molecule has 0 aromatic heterocycles. The Morgan fingerprint density at radius 1 is 1.16 bits per heavy atom. The Hall–Kier alpha value is -2.37. The summed E-state index contributed by atoms with van der Waals surface area (Å²) < 4.78 is 0. The molecule has 2 N–H and O–H groups in total. The van der Waals surface area contributed by atoms with Crippen LogP contribution in [0.2, 0.25) is 0 Å². The molecule has 6 heteroatoms. The Morgan fingerprint density at radius 3 is 2.36 bits per heavy atom. The number of amides is 3. The molecule has 1 atom stereocenters. The van der Waals surface area contributed by atoms with Gasteiger partial charge in [-0.15, -0.1) is 0 Å². The zero-order valence-electron chi connectivity index (χ0n) is 15.0. The molecular weight excluding hydrogens is 318 g/mol. The van der Waals surface area contributed by atoms with Crippen LogP contribution in [0.4, 0.5) is 0 Å². The van der Waals surface area contributed by atoms with E-state index in [0.717, 1.165) is 6.42 Å². The zero-order chi connectivity index (χ0) is 18.2. The molecule has 2 rings (SSSR count). The van der Waals surface area contributed by atoms with Crippen molar-refractivity contribution in [2.24, 2.45) is 5.92 Å². The SMILES string of the molecule is CCCNC(=O)C(NC(=O)c1ccccc1)C1CCN(C(C)=O)CC1. The summed E-state index contributed by atoms with van der Waals surface area (Å²) >= 11 is 0. The van der Waals surface area contributed by atoms with Gasteiger partial charge in [0.05, 0.1) is 0 Å². The van der Waals surface area contributed by atoms with Gasteiger partial charge in [-0.25, -0.2) is 0 Å². The van der Waals surface area contributed by atoms with Crippen LogP contribution in [0.3, 0.4) is 0 Å². The van der Waals surface area contributed by atoms with E-state index < -0.39 is 6.04 Å². The van der Waals surface area contributed by atoms with Crippen molar-refractivity contribution in [2.75, 3.05) is 19.6 Å². The smallest absolute Gasteiger partial charge is 0.251 e. The summed E-state index contributed by atoms with van der Waals surface area (Å²) in [5.41, 5.74) is 0.539. The van der Waals surface area contributed by atoms with E-state index in [1.165, 1.54) is 0 Å². The Kier molecular flexibility index (Phi) is 6.98. The first-order valence-corrected chi connectivity index (χ1v) is 8.92. The minimum absolute atomic E-state index is 0.0279. The fourth-order valence-corrected chi connectivity index (χ4v) is 3.12. The predicted molar refractivity (Wildman–Crippen MR) is 96.0 cm³/mol. The maximum absolute atomic E-state index is 12.6. The van der Waals surface area contributed by atoms with E-state index >= 15 is 0 Å². The summed E-state index contributed by atoms with van der Waals surface area (Å²) in [4.78, 5) is 38.3. The van der Waals surface area contributed by atoms with Crippen molar-refractivity contribution in [3.63, 3.8) is 0 Å². The summed E-state index contributed by atoms with van der Waals surface area (Å²) in [7, 11) is 0. The lowest BCUT2D eigenvalue weighted by molar-refractivity contribution is -0.130. The fourth-order valence-electron chi connectivity index (χ4n) is 3.12. The van der Waals surface area contributed by atoms with Gasteiger partial charge < -0.3 is 15.5 Å². The normalized spacial score (nSPS) is 16.2. The fraction of sp³-hybridized carbons (Fsp3) is 0.526. The molecular formula is C19H27N3O3. The van der Waals surface area contributed by atoms with Gasteiger partial charge in [0.25, 0.3) is 5.91 Å². The highest BCUT2D eigenvalue weighted by Crippen LogP contribution is 2.21. The first-order chi connectivity index (χ1) is 12.0. The molecule has 1 aliphatic heterocycles. The van der Waals surface area contributed by atoms with Crippen molar-refractivity contribution < 1.29 is 14.4 Å². The average molecular weight is 345 g/mol. The number of rotatable bonds is 6. The zero-order valence-corrected chi connectivity index (χ0v) is 15.0. The lowest BCUT2D eigenvalue weighted by Crippen LogP contribution is -2.53. The Bertz CT molecular complexity index is 595. The van der Waals surface area contributed by atoms with Gasteiger partial charge in [-0.05, 0) is 37.3 Å². The van der Waals surface area contributed by atoms with Gasteiger partial charge in [-0.3, -0.25) is 14.4 Å². The monoisotopic (exact) mass is 345 g/mol. The van der Waals surface area contributed by atoms with Gasteiger partial charge in [-0.2, -0.15) is 0 Å². The molecule has 0 radical (unpaired) electrons. The second-order valence-electron chi connectivity index (χ2n) is 6.45. The second-order valence-corrected chi connectivity index (χ2v) is 6.45. The van der Waals surface area contributed by atoms with Gasteiger partial charge >= 0.3 is 0 Å². The largest absolute Gasteiger partial charge is 0.354 e. The molecule has 1 heterocycles. The summed E-state index contributed by atoms with van der Waals surface area (Å²) in [6.07, 6.45) is 2.26. The van der Waals surface area contributed by atoms with Crippen molar-refractivity contribution in [2.45, 2.75) is 39.2 Å². The molecule has 0 saturated carbocycles. The molecule has 1 fully saturated rings. The third kappa shape index (κ3) is 5.31. The van der Waals surface area contributed by atoms with Crippen molar-refractivity contribution in [1.82, 2.24) is 15.5 Å². The van der Waals surface area contributed by atoms with E-state index in [0.29, 0.717) is 38.0 Å². The van der Waals surface area contributed by atoms with Crippen LogP contribution in [0, 0.1) is 5.92 Å². The van der Waals surface area contributed by atoms with Crippen LogP contribution in [-0.2, 0) is 9.59 Å². The van der Waals surface area contributed by atoms with Crippen LogP contribution >= 0.6 is 0 Å². The quantitative estimate of drug-likeness (QED) is 0.821. The molecule has 1 aromatic rings. The Balaban J connectivity index is 2.06.